The molecule has 28 heavy (non-hydrogen) atoms. The summed E-state index contributed by atoms with van der Waals surface area (Å²) in [5.74, 6) is -1.10. The van der Waals surface area contributed by atoms with Crippen molar-refractivity contribution >= 4 is 23.9 Å². The molecule has 1 aromatic rings. The topological polar surface area (TPSA) is 201 Å². The summed E-state index contributed by atoms with van der Waals surface area (Å²) in [5.41, 5.74) is 9.78. The lowest BCUT2D eigenvalue weighted by atomic mass is 10.1. The number of carbonyl (C=O) groups is 3. The molecule has 1 rings (SSSR count). The number of ether oxygens (including phenoxy) is 2. The Balaban J connectivity index is 2.19. The highest BCUT2D eigenvalue weighted by atomic mass is 16.6. The van der Waals surface area contributed by atoms with E-state index < -0.39 is 29.8 Å². The van der Waals surface area contributed by atoms with Crippen LogP contribution < -0.4 is 27.8 Å². The average molecular weight is 400 g/mol. The van der Waals surface area contributed by atoms with Crippen molar-refractivity contribution in [1.82, 2.24) is 20.2 Å². The zero-order chi connectivity index (χ0) is 20.9. The zero-order valence-electron chi connectivity index (χ0n) is 15.1. The molecule has 156 valence electrons. The van der Waals surface area contributed by atoms with Gasteiger partial charge in [0.2, 0.25) is 0 Å². The van der Waals surface area contributed by atoms with Gasteiger partial charge in [0.1, 0.15) is 18.5 Å². The van der Waals surface area contributed by atoms with Crippen LogP contribution in [0.4, 0.5) is 15.4 Å². The molecule has 0 saturated carbocycles. The molecule has 0 bridgehead atoms. The molecule has 13 nitrogen and oxygen atoms in total. The lowest BCUT2D eigenvalue weighted by Crippen LogP contribution is -2.42. The molecule has 7 N–H and O–H groups in total. The molecule has 3 amide bonds. The van der Waals surface area contributed by atoms with E-state index in [1.54, 1.807) is 0 Å². The number of nitrogen functional groups attached to an aromatic ring is 1. The number of carbonyl (C=O) groups excluding carboxylic acids is 2. The molecule has 13 heteroatoms. The Morgan fingerprint density at radius 2 is 2.04 bits per heavy atom. The number of carboxylic acids is 1. The number of hydrogen-bond acceptors (Lipinski definition) is 8. The number of aromatic nitrogens is 2. The number of nitrogens with two attached hydrogens (primary N) is 2. The van der Waals surface area contributed by atoms with Crippen molar-refractivity contribution in [1.29, 1.82) is 0 Å². The number of nitrogens with zero attached hydrogens (tertiary/aromatic N) is 2. The number of carboxylic acid groups (broad SMARTS) is 1. The van der Waals surface area contributed by atoms with E-state index in [1.165, 1.54) is 16.8 Å². The van der Waals surface area contributed by atoms with Crippen LogP contribution in [-0.4, -0.2) is 65.2 Å². The van der Waals surface area contributed by atoms with Gasteiger partial charge in [-0.25, -0.2) is 19.2 Å². The lowest BCUT2D eigenvalue weighted by molar-refractivity contribution is -0.139. The van der Waals surface area contributed by atoms with Crippen molar-refractivity contribution in [2.24, 2.45) is 5.73 Å². The molecule has 0 fully saturated rings. The Labute approximate surface area is 160 Å². The minimum absolute atomic E-state index is 0.0604. The van der Waals surface area contributed by atoms with Gasteiger partial charge in [0.15, 0.2) is 0 Å². The lowest BCUT2D eigenvalue weighted by Gasteiger charge is -2.14. The van der Waals surface area contributed by atoms with Crippen molar-refractivity contribution in [2.45, 2.75) is 25.4 Å². The van der Waals surface area contributed by atoms with Crippen LogP contribution in [0.1, 0.15) is 12.8 Å². The SMILES string of the molecule is NC(=O)NCCC[C@H](NC(=O)OCCOCCn1ccc(N)nc1=O)C(=O)O. The van der Waals surface area contributed by atoms with Crippen LogP contribution in [0.15, 0.2) is 17.1 Å². The van der Waals surface area contributed by atoms with Crippen molar-refractivity contribution < 1.29 is 29.0 Å². The summed E-state index contributed by atoms with van der Waals surface area (Å²) in [6, 6.07) is -0.387. The molecule has 1 heterocycles. The van der Waals surface area contributed by atoms with Crippen LogP contribution in [0.5, 0.6) is 0 Å². The summed E-state index contributed by atoms with van der Waals surface area (Å²) in [6.07, 6.45) is 0.981. The molecule has 0 aliphatic rings. The summed E-state index contributed by atoms with van der Waals surface area (Å²) in [4.78, 5) is 48.3. The quantitative estimate of drug-likeness (QED) is 0.258. The van der Waals surface area contributed by atoms with Gasteiger partial charge in [-0.05, 0) is 18.9 Å². The van der Waals surface area contributed by atoms with Gasteiger partial charge in [0, 0.05) is 12.7 Å². The van der Waals surface area contributed by atoms with Gasteiger partial charge in [-0.2, -0.15) is 4.98 Å². The van der Waals surface area contributed by atoms with E-state index in [2.05, 4.69) is 15.6 Å². The summed E-state index contributed by atoms with van der Waals surface area (Å²) in [6.45, 7) is 0.581. The minimum atomic E-state index is -1.23. The van der Waals surface area contributed by atoms with Crippen LogP contribution in [0.25, 0.3) is 0 Å². The van der Waals surface area contributed by atoms with Crippen LogP contribution in [0.2, 0.25) is 0 Å². The fraction of sp³-hybridized carbons (Fsp3) is 0.533. The van der Waals surface area contributed by atoms with Crippen LogP contribution >= 0.6 is 0 Å². The number of alkyl carbamates (subject to hydrolysis) is 1. The number of primary amides is 1. The first-order valence-corrected chi connectivity index (χ1v) is 8.39. The van der Waals surface area contributed by atoms with E-state index in [9.17, 15) is 19.2 Å². The zero-order valence-corrected chi connectivity index (χ0v) is 15.1. The molecule has 0 aromatic carbocycles. The highest BCUT2D eigenvalue weighted by Gasteiger charge is 2.20. The van der Waals surface area contributed by atoms with Gasteiger partial charge >= 0.3 is 23.8 Å². The van der Waals surface area contributed by atoms with Gasteiger partial charge in [0.05, 0.1) is 19.8 Å². The van der Waals surface area contributed by atoms with Gasteiger partial charge < -0.3 is 36.7 Å². The van der Waals surface area contributed by atoms with Crippen molar-refractivity contribution in [3.63, 3.8) is 0 Å². The third-order valence-electron chi connectivity index (χ3n) is 3.39. The first-order valence-electron chi connectivity index (χ1n) is 8.39. The number of urea groups is 1. The van der Waals surface area contributed by atoms with E-state index in [0.29, 0.717) is 6.42 Å². The van der Waals surface area contributed by atoms with Crippen molar-refractivity contribution in [3.05, 3.63) is 22.7 Å². The number of rotatable bonds is 12. The fourth-order valence-electron chi connectivity index (χ4n) is 2.03. The maximum Gasteiger partial charge on any atom is 0.407 e. The molecule has 0 radical (unpaired) electrons. The Morgan fingerprint density at radius 1 is 1.29 bits per heavy atom. The largest absolute Gasteiger partial charge is 0.480 e. The van der Waals surface area contributed by atoms with E-state index in [1.807, 2.05) is 0 Å². The summed E-state index contributed by atoms with van der Waals surface area (Å²) >= 11 is 0. The minimum Gasteiger partial charge on any atom is -0.480 e. The van der Waals surface area contributed by atoms with E-state index in [-0.39, 0.29) is 45.1 Å². The molecule has 0 aliphatic heterocycles. The second kappa shape index (κ2) is 12.1. The van der Waals surface area contributed by atoms with Gasteiger partial charge in [-0.3, -0.25) is 4.57 Å². The molecular weight excluding hydrogens is 376 g/mol. The van der Waals surface area contributed by atoms with Gasteiger partial charge in [-0.1, -0.05) is 0 Å². The first kappa shape index (κ1) is 22.7. The number of nitrogens with one attached hydrogen (secondary N) is 2. The molecule has 0 aliphatic carbocycles. The summed E-state index contributed by atoms with van der Waals surface area (Å²) < 4.78 is 11.4. The Kier molecular flexibility index (Phi) is 9.82. The number of amides is 3. The fourth-order valence-corrected chi connectivity index (χ4v) is 2.03. The van der Waals surface area contributed by atoms with Crippen molar-refractivity contribution in [2.75, 3.05) is 32.1 Å². The predicted molar refractivity (Wildman–Crippen MR) is 96.5 cm³/mol. The van der Waals surface area contributed by atoms with Gasteiger partial charge in [-0.15, -0.1) is 0 Å². The smallest absolute Gasteiger partial charge is 0.407 e. The first-order chi connectivity index (χ1) is 13.3. The predicted octanol–water partition coefficient (Wildman–Crippen LogP) is -1.53. The van der Waals surface area contributed by atoms with Gasteiger partial charge in [0.25, 0.3) is 0 Å². The average Bonchev–Trinajstić information content (AvgIpc) is 2.61. The van der Waals surface area contributed by atoms with Crippen LogP contribution in [0.3, 0.4) is 0 Å². The Hall–Kier alpha value is -3.35. The number of anilines is 1. The van der Waals surface area contributed by atoms with Crippen molar-refractivity contribution in [3.8, 4) is 0 Å². The Bertz CT molecular complexity index is 723. The molecule has 0 saturated heterocycles. The summed E-state index contributed by atoms with van der Waals surface area (Å²) in [5, 5.41) is 13.6. The molecule has 0 spiro atoms. The highest BCUT2D eigenvalue weighted by Crippen LogP contribution is 1.98. The van der Waals surface area contributed by atoms with E-state index >= 15 is 0 Å². The molecule has 0 unspecified atom stereocenters. The third kappa shape index (κ3) is 9.38. The third-order valence-corrected chi connectivity index (χ3v) is 3.39. The highest BCUT2D eigenvalue weighted by molar-refractivity contribution is 5.79. The molecule has 1 aromatic heterocycles. The van der Waals surface area contributed by atoms with Crippen LogP contribution in [0, 0.1) is 0 Å². The van der Waals surface area contributed by atoms with E-state index in [0.717, 1.165) is 0 Å². The monoisotopic (exact) mass is 400 g/mol. The maximum absolute atomic E-state index is 11.6. The Morgan fingerprint density at radius 3 is 2.68 bits per heavy atom. The van der Waals surface area contributed by atoms with Crippen LogP contribution in [-0.2, 0) is 20.8 Å². The number of hydrogen-bond donors (Lipinski definition) is 5. The molecule has 1 atom stereocenters. The standard InChI is InChI=1S/C15H24N6O7/c16-11-3-5-21(14(25)20-11)6-7-27-8-9-28-15(26)19-10(12(22)23)2-1-4-18-13(17)24/h3,5,10H,1-2,4,6-9H2,(H,19,26)(H,22,23)(H2,16,20,25)(H3,17,18,24)/t10-/m0/s1. The second-order valence-electron chi connectivity index (χ2n) is 5.55. The maximum atomic E-state index is 11.6. The normalized spacial score (nSPS) is 11.4. The second-order valence-corrected chi connectivity index (χ2v) is 5.55. The number of aliphatic carboxylic acids is 1. The summed E-state index contributed by atoms with van der Waals surface area (Å²) in [7, 11) is 0. The molecular formula is C15H24N6O7. The van der Waals surface area contributed by atoms with E-state index in [4.69, 9.17) is 26.0 Å².